The van der Waals surface area contributed by atoms with Crippen LogP contribution in [0, 0.1) is 11.7 Å². The van der Waals surface area contributed by atoms with Crippen molar-refractivity contribution in [2.75, 3.05) is 19.8 Å². The second kappa shape index (κ2) is 10.5. The topological polar surface area (TPSA) is 111 Å². The number of amidine groups is 1. The van der Waals surface area contributed by atoms with E-state index in [2.05, 4.69) is 10.4 Å². The average Bonchev–Trinajstić information content (AvgIpc) is 3.58. The van der Waals surface area contributed by atoms with Crippen LogP contribution in [0.25, 0.3) is 0 Å². The Kier molecular flexibility index (Phi) is 7.17. The number of hydrogen-bond acceptors (Lipinski definition) is 5. The summed E-state index contributed by atoms with van der Waals surface area (Å²) >= 11 is 0. The van der Waals surface area contributed by atoms with E-state index in [-0.39, 0.29) is 30.5 Å². The molecule has 2 saturated heterocycles. The normalized spacial score (nSPS) is 24.7. The van der Waals surface area contributed by atoms with Gasteiger partial charge in [0.2, 0.25) is 0 Å². The number of likely N-dealkylation sites (N-methyl/N-ethyl adjacent to an activating group) is 1. The highest BCUT2D eigenvalue weighted by atomic mass is 19.4. The van der Waals surface area contributed by atoms with Crippen LogP contribution < -0.4 is 5.32 Å². The van der Waals surface area contributed by atoms with Gasteiger partial charge in [0.15, 0.2) is 5.71 Å². The SMILES string of the molecule is CCN1C(=O)[C@@H](NC(=O)c2cccc(C(F)(F)F)c2)[C@@H](c2ccc(F)cc2)C2C(C(=O)O)=N[N+]([C@@H]3CCOC3)=C21. The van der Waals surface area contributed by atoms with Crippen molar-refractivity contribution in [3.8, 4) is 0 Å². The second-order valence-corrected chi connectivity index (χ2v) is 9.68. The molecule has 3 aliphatic rings. The van der Waals surface area contributed by atoms with Gasteiger partial charge in [0, 0.05) is 17.9 Å². The van der Waals surface area contributed by atoms with Crippen molar-refractivity contribution in [1.29, 1.82) is 0 Å². The summed E-state index contributed by atoms with van der Waals surface area (Å²) in [6.07, 6.45) is -4.16. The van der Waals surface area contributed by atoms with Gasteiger partial charge in [0.05, 0.1) is 25.3 Å². The first-order valence-electron chi connectivity index (χ1n) is 12.6. The lowest BCUT2D eigenvalue weighted by Crippen LogP contribution is -2.63. The Hall–Kier alpha value is -4.13. The monoisotopic (exact) mass is 561 g/mol. The summed E-state index contributed by atoms with van der Waals surface area (Å²) in [6.45, 7) is 2.46. The summed E-state index contributed by atoms with van der Waals surface area (Å²) in [6, 6.07) is 7.09. The molecule has 0 spiro atoms. The van der Waals surface area contributed by atoms with Gasteiger partial charge in [0.25, 0.3) is 11.7 Å². The van der Waals surface area contributed by atoms with Crippen LogP contribution in [-0.4, -0.2) is 75.9 Å². The predicted octanol–water partition coefficient (Wildman–Crippen LogP) is 2.86. The van der Waals surface area contributed by atoms with Crippen molar-refractivity contribution in [2.45, 2.75) is 37.5 Å². The smallest absolute Gasteiger partial charge is 0.416 e. The zero-order chi connectivity index (χ0) is 28.8. The van der Waals surface area contributed by atoms with Crippen LogP contribution in [0.2, 0.25) is 0 Å². The number of aliphatic carboxylic acids is 1. The van der Waals surface area contributed by atoms with Crippen molar-refractivity contribution in [3.05, 3.63) is 71.0 Å². The third-order valence-electron chi connectivity index (χ3n) is 7.33. The summed E-state index contributed by atoms with van der Waals surface area (Å²) < 4.78 is 60.7. The summed E-state index contributed by atoms with van der Waals surface area (Å²) in [5.41, 5.74) is -1.30. The molecule has 0 bridgehead atoms. The van der Waals surface area contributed by atoms with Gasteiger partial charge in [-0.2, -0.15) is 18.1 Å². The van der Waals surface area contributed by atoms with E-state index >= 15 is 0 Å². The minimum atomic E-state index is -4.69. The van der Waals surface area contributed by atoms with E-state index in [0.29, 0.717) is 30.5 Å². The van der Waals surface area contributed by atoms with Crippen molar-refractivity contribution in [2.24, 2.45) is 11.0 Å². The number of benzene rings is 2. The first kappa shape index (κ1) is 27.4. The fourth-order valence-electron chi connectivity index (χ4n) is 5.50. The number of likely N-dealkylation sites (tertiary alicyclic amines) is 1. The molecule has 210 valence electrons. The second-order valence-electron chi connectivity index (χ2n) is 9.68. The number of nitrogens with zero attached hydrogens (tertiary/aromatic N) is 3. The molecule has 40 heavy (non-hydrogen) atoms. The van der Waals surface area contributed by atoms with E-state index in [1.165, 1.54) is 27.8 Å². The number of rotatable bonds is 6. The van der Waals surface area contributed by atoms with Gasteiger partial charge >= 0.3 is 18.1 Å². The average molecular weight is 562 g/mol. The van der Waals surface area contributed by atoms with Gasteiger partial charge in [-0.25, -0.2) is 14.0 Å². The predicted molar refractivity (Wildman–Crippen MR) is 132 cm³/mol. The molecule has 0 saturated carbocycles. The Labute approximate surface area is 225 Å². The number of hydrogen-bond donors (Lipinski definition) is 2. The van der Waals surface area contributed by atoms with Crippen molar-refractivity contribution < 1.29 is 46.5 Å². The van der Waals surface area contributed by atoms with Gasteiger partial charge in [-0.3, -0.25) is 4.79 Å². The number of piperidine rings is 1. The lowest BCUT2D eigenvalue weighted by atomic mass is 9.73. The van der Waals surface area contributed by atoms with Gasteiger partial charge in [-0.1, -0.05) is 23.3 Å². The number of halogens is 4. The molecule has 5 rings (SSSR count). The number of alkyl halides is 3. The van der Waals surface area contributed by atoms with E-state index in [1.54, 1.807) is 6.92 Å². The number of hydrazone groups is 1. The van der Waals surface area contributed by atoms with Crippen molar-refractivity contribution >= 4 is 29.3 Å². The molecule has 2 aromatic carbocycles. The number of carbonyl (C=O) groups excluding carboxylic acids is 2. The molecule has 9 nitrogen and oxygen atoms in total. The maximum absolute atomic E-state index is 14.0. The number of carbonyl (C=O) groups is 3. The highest BCUT2D eigenvalue weighted by Crippen LogP contribution is 2.40. The lowest BCUT2D eigenvalue weighted by Gasteiger charge is -2.37. The number of nitrogens with one attached hydrogen (secondary N) is 1. The molecule has 2 amide bonds. The van der Waals surface area contributed by atoms with Crippen LogP contribution in [0.5, 0.6) is 0 Å². The maximum Gasteiger partial charge on any atom is 0.416 e. The third-order valence-corrected chi connectivity index (χ3v) is 7.33. The van der Waals surface area contributed by atoms with Crippen LogP contribution in [0.3, 0.4) is 0 Å². The van der Waals surface area contributed by atoms with E-state index in [0.717, 1.165) is 24.3 Å². The molecule has 0 aromatic heterocycles. The number of carboxylic acids is 1. The maximum atomic E-state index is 14.0. The molecule has 2 aromatic rings. The highest BCUT2D eigenvalue weighted by molar-refractivity contribution is 6.42. The number of ether oxygens (including phenoxy) is 1. The van der Waals surface area contributed by atoms with Crippen LogP contribution in [0.15, 0.2) is 53.6 Å². The minimum Gasteiger partial charge on any atom is -0.477 e. The van der Waals surface area contributed by atoms with Crippen LogP contribution in [-0.2, 0) is 20.5 Å². The van der Waals surface area contributed by atoms with E-state index in [4.69, 9.17) is 4.74 Å². The standard InChI is InChI=1S/C27H24F4N4O5/c1-2-34-24-20(22(26(38)39)33-35(24)18-10-11-40-13-18)19(14-6-8-17(28)9-7-14)21(25(34)37)32-23(36)15-4-3-5-16(12-15)27(29,30)31/h3-9,12,18-21H,2,10-11,13H2,1H3,(H-,32,36,38,39)/p+1/t18-,19+,20?,21+/m1/s1. The molecule has 2 N–H and O–H groups in total. The summed E-state index contributed by atoms with van der Waals surface area (Å²) in [7, 11) is 0. The zero-order valence-electron chi connectivity index (χ0n) is 21.2. The molecular formula is C27H25F4N4O5+. The molecule has 0 aliphatic carbocycles. The molecule has 0 radical (unpaired) electrons. The first-order valence-corrected chi connectivity index (χ1v) is 12.6. The Morgan fingerprint density at radius 1 is 1.20 bits per heavy atom. The van der Waals surface area contributed by atoms with Crippen LogP contribution in [0.4, 0.5) is 17.6 Å². The first-order chi connectivity index (χ1) is 19.0. The Morgan fingerprint density at radius 3 is 2.52 bits per heavy atom. The molecule has 1 unspecified atom stereocenters. The van der Waals surface area contributed by atoms with E-state index in [1.807, 2.05) is 0 Å². The Balaban J connectivity index is 1.63. The van der Waals surface area contributed by atoms with Gasteiger partial charge < -0.3 is 15.2 Å². The number of carboxylic acid groups (broad SMARTS) is 1. The molecule has 3 heterocycles. The Bertz CT molecular complexity index is 1420. The highest BCUT2D eigenvalue weighted by Gasteiger charge is 2.60. The van der Waals surface area contributed by atoms with Crippen molar-refractivity contribution in [1.82, 2.24) is 10.2 Å². The Morgan fingerprint density at radius 2 is 1.93 bits per heavy atom. The molecule has 2 fully saturated rings. The van der Waals surface area contributed by atoms with Crippen LogP contribution >= 0.6 is 0 Å². The summed E-state index contributed by atoms with van der Waals surface area (Å²) in [5.74, 6) is -5.25. The van der Waals surface area contributed by atoms with Gasteiger partial charge in [-0.15, -0.1) is 4.68 Å². The molecular weight excluding hydrogens is 536 g/mol. The van der Waals surface area contributed by atoms with Crippen molar-refractivity contribution in [3.63, 3.8) is 0 Å². The van der Waals surface area contributed by atoms with E-state index in [9.17, 15) is 37.1 Å². The van der Waals surface area contributed by atoms with E-state index < -0.39 is 53.2 Å². The summed E-state index contributed by atoms with van der Waals surface area (Å²) in [5, 5.41) is 17.1. The fourth-order valence-corrected chi connectivity index (χ4v) is 5.50. The summed E-state index contributed by atoms with van der Waals surface area (Å²) in [4.78, 5) is 41.0. The van der Waals surface area contributed by atoms with Gasteiger partial charge in [0.1, 0.15) is 23.8 Å². The zero-order valence-corrected chi connectivity index (χ0v) is 21.2. The van der Waals surface area contributed by atoms with Gasteiger partial charge in [-0.05, 0) is 42.8 Å². The minimum absolute atomic E-state index is 0.100. The number of fused-ring (bicyclic) bond motifs is 1. The third kappa shape index (κ3) is 4.85. The molecule has 13 heteroatoms. The largest absolute Gasteiger partial charge is 0.477 e. The molecule has 3 aliphatic heterocycles. The lowest BCUT2D eigenvalue weighted by molar-refractivity contribution is -0.571. The fraction of sp³-hybridized carbons (Fsp3) is 0.370. The number of amides is 2. The van der Waals surface area contributed by atoms with Crippen LogP contribution in [0.1, 0.15) is 40.7 Å². The molecule has 4 atom stereocenters. The quantitative estimate of drug-likeness (QED) is 0.416.